The maximum Gasteiger partial charge on any atom is 0.433 e. The van der Waals surface area contributed by atoms with E-state index >= 15 is 0 Å². The van der Waals surface area contributed by atoms with Crippen LogP contribution in [-0.2, 0) is 6.18 Å². The van der Waals surface area contributed by atoms with Crippen molar-refractivity contribution in [1.29, 1.82) is 0 Å². The number of hydrogen-bond donors (Lipinski definition) is 2. The smallest absolute Gasteiger partial charge is 0.433 e. The number of hydrogen-bond acceptors (Lipinski definition) is 6. The van der Waals surface area contributed by atoms with Crippen molar-refractivity contribution in [3.63, 3.8) is 0 Å². The van der Waals surface area contributed by atoms with Gasteiger partial charge in [-0.05, 0) is 6.92 Å². The minimum atomic E-state index is -4.68. The van der Waals surface area contributed by atoms with Gasteiger partial charge in [0, 0.05) is 13.0 Å². The summed E-state index contributed by atoms with van der Waals surface area (Å²) in [5, 5.41) is 5.20. The van der Waals surface area contributed by atoms with Gasteiger partial charge in [-0.2, -0.15) is 23.3 Å². The summed E-state index contributed by atoms with van der Waals surface area (Å²) in [6.45, 7) is 2.10. The average molecular weight is 381 g/mol. The van der Waals surface area contributed by atoms with Crippen molar-refractivity contribution in [3.05, 3.63) is 29.6 Å². The fourth-order valence-corrected chi connectivity index (χ4v) is 3.00. The van der Waals surface area contributed by atoms with E-state index in [0.717, 1.165) is 6.20 Å². The lowest BCUT2D eigenvalue weighted by atomic mass is 10.2. The molecule has 1 amide bonds. The van der Waals surface area contributed by atoms with Crippen LogP contribution in [-0.4, -0.2) is 60.1 Å². The number of rotatable bonds is 3. The third-order valence-electron chi connectivity index (χ3n) is 4.23. The highest BCUT2D eigenvalue weighted by molar-refractivity contribution is 5.95. The molecule has 27 heavy (non-hydrogen) atoms. The average Bonchev–Trinajstić information content (AvgIpc) is 3.33. The summed E-state index contributed by atoms with van der Waals surface area (Å²) in [4.78, 5) is 29.1. The van der Waals surface area contributed by atoms with Crippen LogP contribution >= 0.6 is 0 Å². The van der Waals surface area contributed by atoms with Crippen LogP contribution in [0.4, 0.5) is 13.2 Å². The van der Waals surface area contributed by atoms with E-state index in [2.05, 4.69) is 25.0 Å². The first-order chi connectivity index (χ1) is 12.8. The zero-order chi connectivity index (χ0) is 19.2. The first-order valence-electron chi connectivity index (χ1n) is 8.07. The molecule has 1 fully saturated rings. The Balaban J connectivity index is 1.50. The Hall–Kier alpha value is -3.18. The van der Waals surface area contributed by atoms with Crippen LogP contribution in [0.5, 0.6) is 5.88 Å². The summed E-state index contributed by atoms with van der Waals surface area (Å²) >= 11 is 0. The molecule has 1 aliphatic rings. The summed E-state index contributed by atoms with van der Waals surface area (Å²) in [6.07, 6.45) is -2.27. The molecule has 1 unspecified atom stereocenters. The molecule has 0 radical (unpaired) electrons. The van der Waals surface area contributed by atoms with Crippen LogP contribution in [0.25, 0.3) is 11.2 Å². The summed E-state index contributed by atoms with van der Waals surface area (Å²) in [7, 11) is 0. The van der Waals surface area contributed by atoms with Crippen LogP contribution in [0.1, 0.15) is 28.3 Å². The minimum absolute atomic E-state index is 0.139. The molecular weight excluding hydrogens is 367 g/mol. The van der Waals surface area contributed by atoms with Gasteiger partial charge in [0.15, 0.2) is 11.3 Å². The fraction of sp³-hybridized carbons (Fsp3) is 0.400. The molecule has 1 atom stereocenters. The monoisotopic (exact) mass is 381 g/mol. The lowest BCUT2D eigenvalue weighted by Crippen LogP contribution is -2.32. The van der Waals surface area contributed by atoms with Crippen molar-refractivity contribution in [1.82, 2.24) is 35.0 Å². The normalized spacial score (nSPS) is 17.6. The van der Waals surface area contributed by atoms with Gasteiger partial charge in [-0.3, -0.25) is 9.89 Å². The Morgan fingerprint density at radius 2 is 2.19 bits per heavy atom. The Labute approximate surface area is 150 Å². The van der Waals surface area contributed by atoms with E-state index in [1.165, 1.54) is 11.2 Å². The highest BCUT2D eigenvalue weighted by Gasteiger charge is 2.40. The second kappa shape index (κ2) is 6.21. The number of imidazole rings is 1. The molecule has 3 aromatic rings. The second-order valence-corrected chi connectivity index (χ2v) is 6.11. The molecular formula is C15H14F3N7O2. The summed E-state index contributed by atoms with van der Waals surface area (Å²) < 4.78 is 44.7. The highest BCUT2D eigenvalue weighted by atomic mass is 19.4. The maximum atomic E-state index is 13.0. The number of likely N-dealkylation sites (tertiary alicyclic amines) is 1. The molecule has 9 nitrogen and oxygen atoms in total. The molecule has 4 rings (SSSR count). The summed E-state index contributed by atoms with van der Waals surface area (Å²) in [5.74, 6) is 0.0325. The lowest BCUT2D eigenvalue weighted by molar-refractivity contribution is -0.141. The Bertz CT molecular complexity index is 997. The maximum absolute atomic E-state index is 13.0. The minimum Gasteiger partial charge on any atom is -0.471 e. The predicted octanol–water partition coefficient (Wildman–Crippen LogP) is 1.70. The number of fused-ring (bicyclic) bond motifs is 1. The van der Waals surface area contributed by atoms with Crippen LogP contribution < -0.4 is 4.74 Å². The van der Waals surface area contributed by atoms with Crippen molar-refractivity contribution in [2.24, 2.45) is 0 Å². The topological polar surface area (TPSA) is 113 Å². The van der Waals surface area contributed by atoms with Crippen molar-refractivity contribution in [2.45, 2.75) is 25.6 Å². The number of H-pyrrole nitrogens is 2. The molecule has 1 aliphatic heterocycles. The number of carbonyl (C=O) groups excluding carboxylic acids is 1. The fourth-order valence-electron chi connectivity index (χ4n) is 3.00. The highest BCUT2D eigenvalue weighted by Crippen LogP contribution is 2.31. The zero-order valence-corrected chi connectivity index (χ0v) is 14.0. The molecule has 0 saturated carbocycles. The molecule has 12 heteroatoms. The van der Waals surface area contributed by atoms with E-state index in [0.29, 0.717) is 29.3 Å². The third kappa shape index (κ3) is 3.17. The summed E-state index contributed by atoms with van der Waals surface area (Å²) in [6, 6.07) is 0. The molecule has 2 N–H and O–H groups in total. The van der Waals surface area contributed by atoms with Crippen molar-refractivity contribution >= 4 is 17.1 Å². The Kier molecular flexibility index (Phi) is 3.97. The predicted molar refractivity (Wildman–Crippen MR) is 84.9 cm³/mol. The lowest BCUT2D eigenvalue weighted by Gasteiger charge is -2.17. The number of ether oxygens (including phenoxy) is 1. The number of aromatic amines is 2. The summed E-state index contributed by atoms with van der Waals surface area (Å²) in [5.41, 5.74) is -0.671. The number of aromatic nitrogens is 6. The van der Waals surface area contributed by atoms with Crippen molar-refractivity contribution < 1.29 is 22.7 Å². The van der Waals surface area contributed by atoms with Gasteiger partial charge in [0.05, 0.1) is 24.6 Å². The third-order valence-corrected chi connectivity index (χ3v) is 4.23. The Morgan fingerprint density at radius 1 is 1.37 bits per heavy atom. The van der Waals surface area contributed by atoms with Crippen LogP contribution in [0.2, 0.25) is 0 Å². The molecule has 1 saturated heterocycles. The number of nitrogens with zero attached hydrogens (tertiary/aromatic N) is 5. The van der Waals surface area contributed by atoms with E-state index in [-0.39, 0.29) is 13.1 Å². The molecule has 0 aromatic carbocycles. The molecule has 0 bridgehead atoms. The molecule has 4 heterocycles. The van der Waals surface area contributed by atoms with E-state index in [4.69, 9.17) is 4.74 Å². The molecule has 0 spiro atoms. The zero-order valence-electron chi connectivity index (χ0n) is 14.0. The van der Waals surface area contributed by atoms with Gasteiger partial charge >= 0.3 is 6.18 Å². The van der Waals surface area contributed by atoms with Gasteiger partial charge < -0.3 is 14.6 Å². The molecule has 142 valence electrons. The Morgan fingerprint density at radius 3 is 2.96 bits per heavy atom. The van der Waals surface area contributed by atoms with E-state index in [1.54, 1.807) is 6.92 Å². The van der Waals surface area contributed by atoms with Gasteiger partial charge in [-0.15, -0.1) is 0 Å². The van der Waals surface area contributed by atoms with E-state index < -0.39 is 29.4 Å². The number of aryl methyl sites for hydroxylation is 1. The van der Waals surface area contributed by atoms with Crippen LogP contribution in [0, 0.1) is 6.92 Å². The van der Waals surface area contributed by atoms with Gasteiger partial charge in [0.2, 0.25) is 5.88 Å². The first-order valence-corrected chi connectivity index (χ1v) is 8.07. The number of amides is 1. The van der Waals surface area contributed by atoms with Crippen molar-refractivity contribution in [2.75, 3.05) is 13.1 Å². The van der Waals surface area contributed by atoms with Crippen molar-refractivity contribution in [3.8, 4) is 5.88 Å². The van der Waals surface area contributed by atoms with E-state index in [1.807, 2.05) is 5.10 Å². The quantitative estimate of drug-likeness (QED) is 0.714. The number of alkyl halides is 3. The first kappa shape index (κ1) is 17.2. The second-order valence-electron chi connectivity index (χ2n) is 6.11. The number of carbonyl (C=O) groups is 1. The van der Waals surface area contributed by atoms with E-state index in [9.17, 15) is 18.0 Å². The SMILES string of the molecule is Cc1nc(OC2CCN(C(=O)c3cn[nH]c3C(F)(F)F)C2)c2[nH]cnc2n1. The van der Waals surface area contributed by atoms with Crippen LogP contribution in [0.3, 0.4) is 0 Å². The van der Waals surface area contributed by atoms with Crippen LogP contribution in [0.15, 0.2) is 12.5 Å². The molecule has 3 aromatic heterocycles. The number of nitrogens with one attached hydrogen (secondary N) is 2. The van der Waals surface area contributed by atoms with Gasteiger partial charge in [-0.1, -0.05) is 0 Å². The standard InChI is InChI=1S/C15H14F3N7O2/c1-7-22-12-10(19-6-20-12)13(23-7)27-8-2-3-25(5-8)14(26)9-4-21-24-11(9)15(16,17)18/h4,6,8H,2-3,5H2,1H3,(H,21,24)(H,19,20,22,23). The largest absolute Gasteiger partial charge is 0.471 e. The van der Waals surface area contributed by atoms with Gasteiger partial charge in [0.1, 0.15) is 17.4 Å². The van der Waals surface area contributed by atoms with Gasteiger partial charge in [-0.25, -0.2) is 9.97 Å². The molecule has 0 aliphatic carbocycles. The number of halogens is 3. The van der Waals surface area contributed by atoms with Gasteiger partial charge in [0.25, 0.3) is 5.91 Å².